The van der Waals surface area contributed by atoms with Crippen LogP contribution in [0, 0.1) is 6.92 Å². The molecule has 0 radical (unpaired) electrons. The first-order valence-electron chi connectivity index (χ1n) is 11.1. The van der Waals surface area contributed by atoms with Crippen LogP contribution in [0.3, 0.4) is 0 Å². The van der Waals surface area contributed by atoms with Gasteiger partial charge in [-0.3, -0.25) is 4.79 Å². The average Bonchev–Trinajstić information content (AvgIpc) is 3.34. The van der Waals surface area contributed by atoms with Gasteiger partial charge in [0.05, 0.1) is 23.6 Å². The van der Waals surface area contributed by atoms with Gasteiger partial charge in [-0.1, -0.05) is 40.0 Å². The van der Waals surface area contributed by atoms with E-state index in [0.29, 0.717) is 22.9 Å². The number of ether oxygens (including phenoxy) is 1. The van der Waals surface area contributed by atoms with Crippen LogP contribution in [0.5, 0.6) is 0 Å². The molecular formula is C23H35N3O3S. The molecule has 1 amide bonds. The third-order valence-electron chi connectivity index (χ3n) is 5.30. The van der Waals surface area contributed by atoms with E-state index in [9.17, 15) is 9.59 Å². The van der Waals surface area contributed by atoms with Crippen molar-refractivity contribution in [1.29, 1.82) is 0 Å². The van der Waals surface area contributed by atoms with Crippen LogP contribution in [0.15, 0.2) is 11.4 Å². The van der Waals surface area contributed by atoms with Crippen molar-refractivity contribution >= 4 is 23.2 Å². The van der Waals surface area contributed by atoms with Crippen LogP contribution in [-0.2, 0) is 11.3 Å². The monoisotopic (exact) mass is 433 g/mol. The van der Waals surface area contributed by atoms with Gasteiger partial charge in [0.15, 0.2) is 0 Å². The van der Waals surface area contributed by atoms with E-state index in [1.165, 1.54) is 11.3 Å². The number of nitrogens with one attached hydrogen (secondary N) is 1. The molecule has 2 heterocycles. The molecule has 0 bridgehead atoms. The summed E-state index contributed by atoms with van der Waals surface area (Å²) in [6, 6.07) is 2.10. The maximum Gasteiger partial charge on any atom is 0.367 e. The summed E-state index contributed by atoms with van der Waals surface area (Å²) in [5, 5.41) is 5.40. The Labute approximate surface area is 184 Å². The minimum Gasteiger partial charge on any atom is -0.461 e. The van der Waals surface area contributed by atoms with Gasteiger partial charge in [-0.2, -0.15) is 0 Å². The molecule has 2 rings (SSSR count). The standard InChI is InChI=1S/C23H35N3O3S/c1-6-10-12-17(8-3)24-21(27)18-14-20(26(16(18)5)13-11-7-2)19-15-30-22(25-19)23(28)29-9-4/h14-15,17H,6-13H2,1-5H3,(H,24,27). The molecule has 166 valence electrons. The van der Waals surface area contributed by atoms with Crippen LogP contribution in [0.25, 0.3) is 11.4 Å². The van der Waals surface area contributed by atoms with Crippen LogP contribution >= 0.6 is 11.3 Å². The molecule has 6 nitrogen and oxygen atoms in total. The van der Waals surface area contributed by atoms with Gasteiger partial charge < -0.3 is 14.6 Å². The minimum absolute atomic E-state index is 0.0344. The van der Waals surface area contributed by atoms with E-state index < -0.39 is 5.97 Å². The molecule has 0 saturated carbocycles. The van der Waals surface area contributed by atoms with Crippen molar-refractivity contribution in [2.75, 3.05) is 6.61 Å². The number of nitrogens with zero attached hydrogens (tertiary/aromatic N) is 2. The summed E-state index contributed by atoms with van der Waals surface area (Å²) in [6.45, 7) is 11.3. The number of thiazole rings is 1. The van der Waals surface area contributed by atoms with Gasteiger partial charge in [0.2, 0.25) is 5.01 Å². The molecule has 0 aliphatic rings. The molecule has 1 atom stereocenters. The second kappa shape index (κ2) is 11.9. The third kappa shape index (κ3) is 5.94. The lowest BCUT2D eigenvalue weighted by Gasteiger charge is -2.16. The highest BCUT2D eigenvalue weighted by Crippen LogP contribution is 2.28. The zero-order valence-electron chi connectivity index (χ0n) is 18.9. The molecule has 0 saturated heterocycles. The van der Waals surface area contributed by atoms with E-state index in [2.05, 4.69) is 35.6 Å². The number of hydrogen-bond acceptors (Lipinski definition) is 5. The molecular weight excluding hydrogens is 398 g/mol. The number of carbonyl (C=O) groups is 2. The van der Waals surface area contributed by atoms with Crippen LogP contribution < -0.4 is 5.32 Å². The molecule has 0 spiro atoms. The van der Waals surface area contributed by atoms with E-state index in [1.807, 2.05) is 18.4 Å². The molecule has 30 heavy (non-hydrogen) atoms. The van der Waals surface area contributed by atoms with Crippen molar-refractivity contribution in [3.05, 3.63) is 27.7 Å². The summed E-state index contributed by atoms with van der Waals surface area (Å²) in [4.78, 5) is 29.6. The normalized spacial score (nSPS) is 12.0. The predicted octanol–water partition coefficient (Wildman–Crippen LogP) is 5.60. The number of amides is 1. The second-order valence-corrected chi connectivity index (χ2v) is 8.37. The summed E-state index contributed by atoms with van der Waals surface area (Å²) in [6.07, 6.45) is 6.20. The highest BCUT2D eigenvalue weighted by Gasteiger charge is 2.22. The van der Waals surface area contributed by atoms with Gasteiger partial charge in [0.1, 0.15) is 0 Å². The lowest BCUT2D eigenvalue weighted by atomic mass is 10.1. The van der Waals surface area contributed by atoms with Crippen LogP contribution in [0.4, 0.5) is 0 Å². The zero-order valence-corrected chi connectivity index (χ0v) is 19.7. The fourth-order valence-electron chi connectivity index (χ4n) is 3.46. The van der Waals surface area contributed by atoms with Crippen molar-refractivity contribution in [2.45, 2.75) is 85.7 Å². The fraction of sp³-hybridized carbons (Fsp3) is 0.609. The number of carbonyl (C=O) groups excluding carboxylic acids is 2. The first kappa shape index (κ1) is 24.1. The lowest BCUT2D eigenvalue weighted by molar-refractivity contribution is 0.0526. The van der Waals surface area contributed by atoms with Gasteiger partial charge in [-0.05, 0) is 39.2 Å². The number of aromatic nitrogens is 2. The molecule has 1 N–H and O–H groups in total. The van der Waals surface area contributed by atoms with E-state index in [1.54, 1.807) is 6.92 Å². The van der Waals surface area contributed by atoms with Crippen molar-refractivity contribution in [3.8, 4) is 11.4 Å². The Hall–Kier alpha value is -2.15. The highest BCUT2D eigenvalue weighted by molar-refractivity contribution is 7.11. The Balaban J connectivity index is 2.34. The summed E-state index contributed by atoms with van der Waals surface area (Å²) in [5.74, 6) is -0.440. The quantitative estimate of drug-likeness (QED) is 0.443. The van der Waals surface area contributed by atoms with Gasteiger partial charge in [0.25, 0.3) is 5.91 Å². The van der Waals surface area contributed by atoms with Gasteiger partial charge in [-0.25, -0.2) is 9.78 Å². The Morgan fingerprint density at radius 1 is 1.20 bits per heavy atom. The Morgan fingerprint density at radius 3 is 2.57 bits per heavy atom. The summed E-state index contributed by atoms with van der Waals surface area (Å²) >= 11 is 1.27. The lowest BCUT2D eigenvalue weighted by Crippen LogP contribution is -2.34. The second-order valence-electron chi connectivity index (χ2n) is 7.51. The maximum atomic E-state index is 13.1. The molecule has 1 unspecified atom stereocenters. The number of hydrogen-bond donors (Lipinski definition) is 1. The molecule has 2 aromatic rings. The molecule has 0 aliphatic carbocycles. The number of rotatable bonds is 12. The van der Waals surface area contributed by atoms with Gasteiger partial charge in [-0.15, -0.1) is 11.3 Å². The van der Waals surface area contributed by atoms with Crippen LogP contribution in [0.2, 0.25) is 0 Å². The SMILES string of the molecule is CCCCC(CC)NC(=O)c1cc(-c2csc(C(=O)OCC)n2)n(CCCC)c1C. The zero-order chi connectivity index (χ0) is 22.1. The van der Waals surface area contributed by atoms with E-state index in [0.717, 1.165) is 56.5 Å². The molecule has 0 fully saturated rings. The van der Waals surface area contributed by atoms with E-state index in [4.69, 9.17) is 4.74 Å². The molecule has 0 aliphatic heterocycles. The maximum absolute atomic E-state index is 13.1. The van der Waals surface area contributed by atoms with Crippen LogP contribution in [-0.4, -0.2) is 34.1 Å². The largest absolute Gasteiger partial charge is 0.461 e. The van der Waals surface area contributed by atoms with E-state index in [-0.39, 0.29) is 11.9 Å². The van der Waals surface area contributed by atoms with Crippen molar-refractivity contribution in [3.63, 3.8) is 0 Å². The predicted molar refractivity (Wildman–Crippen MR) is 122 cm³/mol. The Bertz CT molecular complexity index is 841. The molecule has 2 aromatic heterocycles. The Kier molecular flexibility index (Phi) is 9.56. The van der Waals surface area contributed by atoms with E-state index >= 15 is 0 Å². The first-order valence-corrected chi connectivity index (χ1v) is 12.0. The number of unbranched alkanes of at least 4 members (excludes halogenated alkanes) is 2. The van der Waals surface area contributed by atoms with Gasteiger partial charge >= 0.3 is 5.97 Å². The highest BCUT2D eigenvalue weighted by atomic mass is 32.1. The van der Waals surface area contributed by atoms with Crippen molar-refractivity contribution < 1.29 is 14.3 Å². The van der Waals surface area contributed by atoms with Crippen molar-refractivity contribution in [2.24, 2.45) is 0 Å². The topological polar surface area (TPSA) is 73.2 Å². The summed E-state index contributed by atoms with van der Waals surface area (Å²) < 4.78 is 7.21. The Morgan fingerprint density at radius 2 is 1.93 bits per heavy atom. The van der Waals surface area contributed by atoms with Crippen molar-refractivity contribution in [1.82, 2.24) is 14.9 Å². The third-order valence-corrected chi connectivity index (χ3v) is 6.12. The smallest absolute Gasteiger partial charge is 0.367 e. The molecule has 7 heteroatoms. The average molecular weight is 434 g/mol. The summed E-state index contributed by atoms with van der Waals surface area (Å²) in [7, 11) is 0. The van der Waals surface area contributed by atoms with Crippen LogP contribution in [0.1, 0.15) is 92.1 Å². The number of esters is 1. The first-order chi connectivity index (χ1) is 14.5. The molecule has 0 aromatic carbocycles. The fourth-order valence-corrected chi connectivity index (χ4v) is 4.16. The summed E-state index contributed by atoms with van der Waals surface area (Å²) in [5.41, 5.74) is 3.20. The van der Waals surface area contributed by atoms with Gasteiger partial charge in [0, 0.05) is 23.7 Å². The minimum atomic E-state index is -0.406.